The van der Waals surface area contributed by atoms with Crippen molar-refractivity contribution < 1.29 is 4.79 Å². The van der Waals surface area contributed by atoms with E-state index in [-0.39, 0.29) is 0 Å². The molecule has 0 heterocycles. The zero-order chi connectivity index (χ0) is 13.0. The Morgan fingerprint density at radius 1 is 1.11 bits per heavy atom. The molecule has 2 heteroatoms. The van der Waals surface area contributed by atoms with Crippen molar-refractivity contribution in [2.45, 2.75) is 65.2 Å². The molecule has 0 aliphatic heterocycles. The topological polar surface area (TPSA) is 20.3 Å². The zero-order valence-electron chi connectivity index (χ0n) is 12.2. The minimum atomic E-state index is 0.290. The molecule has 2 aliphatic rings. The molecule has 1 amide bonds. The summed E-state index contributed by atoms with van der Waals surface area (Å²) in [4.78, 5) is 13.7. The maximum absolute atomic E-state index is 11.6. The van der Waals surface area contributed by atoms with Gasteiger partial charge in [-0.3, -0.25) is 4.79 Å². The van der Waals surface area contributed by atoms with Crippen LogP contribution in [0.15, 0.2) is 0 Å². The molecule has 0 saturated heterocycles. The number of nitrogens with zero attached hydrogens (tertiary/aromatic N) is 1. The fraction of sp³-hybridized carbons (Fsp3) is 0.938. The summed E-state index contributed by atoms with van der Waals surface area (Å²) >= 11 is 0. The number of hydrogen-bond donors (Lipinski definition) is 0. The smallest absolute Gasteiger partial charge is 0.219 e. The number of rotatable bonds is 9. The Bertz CT molecular complexity index is 272. The van der Waals surface area contributed by atoms with Gasteiger partial charge in [0.15, 0.2) is 0 Å². The van der Waals surface area contributed by atoms with E-state index in [9.17, 15) is 4.79 Å². The number of hydrogen-bond acceptors (Lipinski definition) is 1. The molecule has 2 aliphatic carbocycles. The van der Waals surface area contributed by atoms with Gasteiger partial charge in [-0.2, -0.15) is 0 Å². The van der Waals surface area contributed by atoms with E-state index >= 15 is 0 Å². The van der Waals surface area contributed by atoms with Gasteiger partial charge in [0.25, 0.3) is 0 Å². The average Bonchev–Trinajstić information content (AvgIpc) is 3.21. The highest BCUT2D eigenvalue weighted by atomic mass is 16.2. The first-order valence-corrected chi connectivity index (χ1v) is 7.96. The van der Waals surface area contributed by atoms with E-state index in [0.29, 0.717) is 5.91 Å². The van der Waals surface area contributed by atoms with Crippen molar-refractivity contribution in [3.8, 4) is 0 Å². The predicted octanol–water partition coefficient (Wildman–Crippen LogP) is 3.85. The Hall–Kier alpha value is -0.530. The second kappa shape index (κ2) is 6.58. The van der Waals surface area contributed by atoms with Gasteiger partial charge in [-0.15, -0.1) is 0 Å². The van der Waals surface area contributed by atoms with Gasteiger partial charge in [-0.1, -0.05) is 39.0 Å². The molecule has 104 valence electrons. The van der Waals surface area contributed by atoms with E-state index in [0.717, 1.165) is 30.8 Å². The third kappa shape index (κ3) is 4.62. The minimum absolute atomic E-state index is 0.290. The Labute approximate surface area is 112 Å². The Balaban J connectivity index is 1.59. The van der Waals surface area contributed by atoms with Gasteiger partial charge in [0, 0.05) is 20.0 Å². The molecule has 0 N–H and O–H groups in total. The van der Waals surface area contributed by atoms with E-state index < -0.39 is 0 Å². The first kappa shape index (κ1) is 13.9. The van der Waals surface area contributed by atoms with Crippen molar-refractivity contribution in [1.29, 1.82) is 0 Å². The molecule has 0 bridgehead atoms. The molecule has 2 unspecified atom stereocenters. The summed E-state index contributed by atoms with van der Waals surface area (Å²) in [5, 5.41) is 0. The number of carbonyl (C=O) groups is 1. The van der Waals surface area contributed by atoms with E-state index in [1.807, 2.05) is 0 Å². The van der Waals surface area contributed by atoms with E-state index in [1.54, 1.807) is 6.92 Å². The van der Waals surface area contributed by atoms with Crippen molar-refractivity contribution in [3.63, 3.8) is 0 Å². The first-order valence-electron chi connectivity index (χ1n) is 7.96. The SMILES string of the molecule is CCCCCCC1CC1CN(CC1CC1)C(C)=O. The van der Waals surface area contributed by atoms with Gasteiger partial charge in [-0.25, -0.2) is 0 Å². The third-order valence-corrected chi connectivity index (χ3v) is 4.57. The monoisotopic (exact) mass is 251 g/mol. The summed E-state index contributed by atoms with van der Waals surface area (Å²) in [5.74, 6) is 2.88. The van der Waals surface area contributed by atoms with Gasteiger partial charge in [0.1, 0.15) is 0 Å². The highest BCUT2D eigenvalue weighted by Gasteiger charge is 2.38. The van der Waals surface area contributed by atoms with Crippen LogP contribution in [-0.2, 0) is 4.79 Å². The molecule has 0 aromatic carbocycles. The summed E-state index contributed by atoms with van der Waals surface area (Å²) in [6.45, 7) is 6.09. The lowest BCUT2D eigenvalue weighted by molar-refractivity contribution is -0.129. The summed E-state index contributed by atoms with van der Waals surface area (Å²) in [6.07, 6.45) is 11.0. The largest absolute Gasteiger partial charge is 0.342 e. The molecule has 0 aromatic heterocycles. The highest BCUT2D eigenvalue weighted by Crippen LogP contribution is 2.43. The quantitative estimate of drug-likeness (QED) is 0.570. The van der Waals surface area contributed by atoms with Crippen molar-refractivity contribution in [3.05, 3.63) is 0 Å². The van der Waals surface area contributed by atoms with E-state index in [2.05, 4.69) is 11.8 Å². The summed E-state index contributed by atoms with van der Waals surface area (Å²) < 4.78 is 0. The third-order valence-electron chi connectivity index (χ3n) is 4.57. The fourth-order valence-corrected chi connectivity index (χ4v) is 2.95. The molecule has 2 atom stereocenters. The molecule has 2 fully saturated rings. The van der Waals surface area contributed by atoms with E-state index in [4.69, 9.17) is 0 Å². The van der Waals surface area contributed by atoms with Gasteiger partial charge in [-0.05, 0) is 37.0 Å². The van der Waals surface area contributed by atoms with Crippen LogP contribution in [0.2, 0.25) is 0 Å². The molecule has 0 aromatic rings. The lowest BCUT2D eigenvalue weighted by atomic mass is 10.1. The highest BCUT2D eigenvalue weighted by molar-refractivity contribution is 5.73. The van der Waals surface area contributed by atoms with Crippen molar-refractivity contribution in [1.82, 2.24) is 4.90 Å². The lowest BCUT2D eigenvalue weighted by Gasteiger charge is -2.21. The fourth-order valence-electron chi connectivity index (χ4n) is 2.95. The van der Waals surface area contributed by atoms with Crippen LogP contribution in [0.25, 0.3) is 0 Å². The van der Waals surface area contributed by atoms with Crippen molar-refractivity contribution in [2.75, 3.05) is 13.1 Å². The van der Waals surface area contributed by atoms with Crippen LogP contribution >= 0.6 is 0 Å². The van der Waals surface area contributed by atoms with Crippen molar-refractivity contribution in [2.24, 2.45) is 17.8 Å². The first-order chi connectivity index (χ1) is 8.70. The van der Waals surface area contributed by atoms with Gasteiger partial charge < -0.3 is 4.90 Å². The summed E-state index contributed by atoms with van der Waals surface area (Å²) in [6, 6.07) is 0. The molecule has 2 saturated carbocycles. The number of carbonyl (C=O) groups excluding carboxylic acids is 1. The second-order valence-corrected chi connectivity index (χ2v) is 6.47. The summed E-state index contributed by atoms with van der Waals surface area (Å²) in [7, 11) is 0. The molecule has 2 nitrogen and oxygen atoms in total. The van der Waals surface area contributed by atoms with Crippen LogP contribution in [0.4, 0.5) is 0 Å². The van der Waals surface area contributed by atoms with Crippen LogP contribution in [0, 0.1) is 17.8 Å². The van der Waals surface area contributed by atoms with Crippen LogP contribution in [0.1, 0.15) is 65.2 Å². The number of unbranched alkanes of at least 4 members (excludes halogenated alkanes) is 3. The number of amides is 1. The minimum Gasteiger partial charge on any atom is -0.342 e. The average molecular weight is 251 g/mol. The van der Waals surface area contributed by atoms with Gasteiger partial charge >= 0.3 is 0 Å². The van der Waals surface area contributed by atoms with E-state index in [1.165, 1.54) is 51.4 Å². The summed E-state index contributed by atoms with van der Waals surface area (Å²) in [5.41, 5.74) is 0. The zero-order valence-corrected chi connectivity index (χ0v) is 12.2. The van der Waals surface area contributed by atoms with Crippen LogP contribution in [-0.4, -0.2) is 23.9 Å². The second-order valence-electron chi connectivity index (χ2n) is 6.47. The standard InChI is InChI=1S/C16H29NO/c1-3-4-5-6-7-15-10-16(15)12-17(13(2)18)11-14-8-9-14/h14-16H,3-12H2,1-2H3. The normalized spacial score (nSPS) is 26.1. The molecular formula is C16H29NO. The molecule has 18 heavy (non-hydrogen) atoms. The Morgan fingerprint density at radius 2 is 1.89 bits per heavy atom. The predicted molar refractivity (Wildman–Crippen MR) is 75.3 cm³/mol. The van der Waals surface area contributed by atoms with Crippen LogP contribution < -0.4 is 0 Å². The van der Waals surface area contributed by atoms with Crippen molar-refractivity contribution >= 4 is 5.91 Å². The maximum Gasteiger partial charge on any atom is 0.219 e. The molecule has 0 spiro atoms. The Morgan fingerprint density at radius 3 is 2.50 bits per heavy atom. The maximum atomic E-state index is 11.6. The van der Waals surface area contributed by atoms with Crippen LogP contribution in [0.3, 0.4) is 0 Å². The molecule has 0 radical (unpaired) electrons. The lowest BCUT2D eigenvalue weighted by Crippen LogP contribution is -2.33. The molecule has 2 rings (SSSR count). The van der Waals surface area contributed by atoms with Gasteiger partial charge in [0.2, 0.25) is 5.91 Å². The Kier molecular flexibility index (Phi) is 5.08. The van der Waals surface area contributed by atoms with Gasteiger partial charge in [0.05, 0.1) is 0 Å². The molecular weight excluding hydrogens is 222 g/mol. The van der Waals surface area contributed by atoms with Crippen LogP contribution in [0.5, 0.6) is 0 Å².